The van der Waals surface area contributed by atoms with Crippen LogP contribution < -0.4 is 5.73 Å². The zero-order valence-electron chi connectivity index (χ0n) is 8.71. The van der Waals surface area contributed by atoms with Crippen molar-refractivity contribution in [3.8, 4) is 0 Å². The minimum atomic E-state index is 0.361. The predicted octanol–water partition coefficient (Wildman–Crippen LogP) is 3.94. The Labute approximate surface area is 104 Å². The molecule has 0 saturated heterocycles. The molecule has 1 nitrogen and oxygen atoms in total. The van der Waals surface area contributed by atoms with Crippen LogP contribution in [0.2, 0.25) is 5.02 Å². The van der Waals surface area contributed by atoms with E-state index in [9.17, 15) is 0 Å². The molecule has 2 rings (SSSR count). The number of rotatable bonds is 2. The monoisotopic (exact) mass is 287 g/mol. The Morgan fingerprint density at radius 3 is 2.80 bits per heavy atom. The molecule has 0 amide bonds. The molecule has 3 unspecified atom stereocenters. The summed E-state index contributed by atoms with van der Waals surface area (Å²) in [6, 6.07) is 6.50. The summed E-state index contributed by atoms with van der Waals surface area (Å²) in [5.41, 5.74) is 7.25. The van der Waals surface area contributed by atoms with E-state index in [1.54, 1.807) is 0 Å². The van der Waals surface area contributed by atoms with Crippen LogP contribution in [-0.4, -0.2) is 6.04 Å². The molecule has 0 spiro atoms. The molecule has 1 fully saturated rings. The van der Waals surface area contributed by atoms with E-state index in [1.165, 1.54) is 5.56 Å². The molecule has 1 aromatic carbocycles. The molecule has 1 aromatic rings. The van der Waals surface area contributed by atoms with Crippen molar-refractivity contribution in [3.05, 3.63) is 33.3 Å². The van der Waals surface area contributed by atoms with E-state index in [0.29, 0.717) is 17.9 Å². The number of benzene rings is 1. The molecule has 2 N–H and O–H groups in total. The first-order valence-electron chi connectivity index (χ1n) is 5.34. The van der Waals surface area contributed by atoms with Crippen LogP contribution in [0.15, 0.2) is 22.7 Å². The second kappa shape index (κ2) is 4.44. The van der Waals surface area contributed by atoms with Crippen LogP contribution >= 0.6 is 27.5 Å². The van der Waals surface area contributed by atoms with Gasteiger partial charge in [0.2, 0.25) is 0 Å². The SMILES string of the molecule is CCC1C(N)CC1c1ccc(Br)cc1Cl. The van der Waals surface area contributed by atoms with Crippen LogP contribution in [0.4, 0.5) is 0 Å². The van der Waals surface area contributed by atoms with Crippen LogP contribution in [0.25, 0.3) is 0 Å². The van der Waals surface area contributed by atoms with Crippen LogP contribution in [0.5, 0.6) is 0 Å². The molecule has 1 saturated carbocycles. The van der Waals surface area contributed by atoms with Crippen molar-refractivity contribution >= 4 is 27.5 Å². The highest BCUT2D eigenvalue weighted by molar-refractivity contribution is 9.10. The van der Waals surface area contributed by atoms with Crippen LogP contribution in [0.1, 0.15) is 31.2 Å². The maximum Gasteiger partial charge on any atom is 0.0452 e. The summed E-state index contributed by atoms with van der Waals surface area (Å²) in [4.78, 5) is 0. The van der Waals surface area contributed by atoms with Crippen molar-refractivity contribution in [2.45, 2.75) is 31.7 Å². The Bertz CT molecular complexity index is 367. The van der Waals surface area contributed by atoms with Gasteiger partial charge in [0.1, 0.15) is 0 Å². The zero-order chi connectivity index (χ0) is 11.0. The van der Waals surface area contributed by atoms with E-state index in [2.05, 4.69) is 35.0 Å². The van der Waals surface area contributed by atoms with Gasteiger partial charge in [0, 0.05) is 15.5 Å². The van der Waals surface area contributed by atoms with E-state index in [4.69, 9.17) is 17.3 Å². The molecule has 1 aliphatic carbocycles. The maximum atomic E-state index is 6.24. The Balaban J connectivity index is 2.23. The van der Waals surface area contributed by atoms with Crippen molar-refractivity contribution in [1.82, 2.24) is 0 Å². The smallest absolute Gasteiger partial charge is 0.0452 e. The van der Waals surface area contributed by atoms with Gasteiger partial charge in [0.05, 0.1) is 0 Å². The van der Waals surface area contributed by atoms with Crippen LogP contribution in [0, 0.1) is 5.92 Å². The second-order valence-corrected chi connectivity index (χ2v) is 5.57. The molecule has 0 bridgehead atoms. The molecule has 0 aliphatic heterocycles. The molecular formula is C12H15BrClN. The lowest BCUT2D eigenvalue weighted by molar-refractivity contribution is 0.198. The fraction of sp³-hybridized carbons (Fsp3) is 0.500. The Kier molecular flexibility index (Phi) is 3.39. The summed E-state index contributed by atoms with van der Waals surface area (Å²) < 4.78 is 1.04. The number of nitrogens with two attached hydrogens (primary N) is 1. The summed E-state index contributed by atoms with van der Waals surface area (Å²) in [6.07, 6.45) is 2.21. The minimum absolute atomic E-state index is 0.361. The zero-order valence-corrected chi connectivity index (χ0v) is 11.1. The van der Waals surface area contributed by atoms with Gasteiger partial charge in [-0.05, 0) is 36.0 Å². The van der Waals surface area contributed by atoms with E-state index in [0.717, 1.165) is 22.3 Å². The topological polar surface area (TPSA) is 26.0 Å². The van der Waals surface area contributed by atoms with Crippen LogP contribution in [-0.2, 0) is 0 Å². The largest absolute Gasteiger partial charge is 0.327 e. The molecule has 3 atom stereocenters. The lowest BCUT2D eigenvalue weighted by atomic mass is 9.65. The highest BCUT2D eigenvalue weighted by Gasteiger charge is 2.38. The van der Waals surface area contributed by atoms with E-state index >= 15 is 0 Å². The summed E-state index contributed by atoms with van der Waals surface area (Å²) in [5.74, 6) is 1.16. The van der Waals surface area contributed by atoms with Gasteiger partial charge < -0.3 is 5.73 Å². The first-order valence-corrected chi connectivity index (χ1v) is 6.51. The fourth-order valence-electron chi connectivity index (χ4n) is 2.49. The van der Waals surface area contributed by atoms with Gasteiger partial charge in [0.25, 0.3) is 0 Å². The standard InChI is InChI=1S/C12H15BrClN/c1-2-8-10(6-12(8)15)9-4-3-7(13)5-11(9)14/h3-5,8,10,12H,2,6,15H2,1H3. The number of halogens is 2. The van der Waals surface area contributed by atoms with Crippen molar-refractivity contribution in [2.24, 2.45) is 11.7 Å². The van der Waals surface area contributed by atoms with Gasteiger partial charge in [0.15, 0.2) is 0 Å². The molecule has 3 heteroatoms. The van der Waals surface area contributed by atoms with Gasteiger partial charge in [-0.25, -0.2) is 0 Å². The Hall–Kier alpha value is -0.0500. The van der Waals surface area contributed by atoms with Crippen molar-refractivity contribution in [3.63, 3.8) is 0 Å². The van der Waals surface area contributed by atoms with Crippen molar-refractivity contribution < 1.29 is 0 Å². The average molecular weight is 289 g/mol. The van der Waals surface area contributed by atoms with E-state index in [-0.39, 0.29) is 0 Å². The number of hydrogen-bond acceptors (Lipinski definition) is 1. The highest BCUT2D eigenvalue weighted by atomic mass is 79.9. The third-order valence-corrected chi connectivity index (χ3v) is 4.25. The summed E-state index contributed by atoms with van der Waals surface area (Å²) in [5, 5.41) is 0.861. The quantitative estimate of drug-likeness (QED) is 0.876. The Morgan fingerprint density at radius 2 is 2.27 bits per heavy atom. The molecule has 15 heavy (non-hydrogen) atoms. The molecule has 0 heterocycles. The minimum Gasteiger partial charge on any atom is -0.327 e. The first-order chi connectivity index (χ1) is 7.13. The van der Waals surface area contributed by atoms with Crippen molar-refractivity contribution in [1.29, 1.82) is 0 Å². The summed E-state index contributed by atoms with van der Waals surface area (Å²) >= 11 is 9.66. The first kappa shape index (κ1) is 11.4. The third-order valence-electron chi connectivity index (χ3n) is 3.43. The summed E-state index contributed by atoms with van der Waals surface area (Å²) in [6.45, 7) is 2.20. The maximum absolute atomic E-state index is 6.24. The van der Waals surface area contributed by atoms with Gasteiger partial charge >= 0.3 is 0 Å². The van der Waals surface area contributed by atoms with Crippen LogP contribution in [0.3, 0.4) is 0 Å². The highest BCUT2D eigenvalue weighted by Crippen LogP contribution is 2.46. The predicted molar refractivity (Wildman–Crippen MR) is 68.3 cm³/mol. The lowest BCUT2D eigenvalue weighted by Gasteiger charge is -2.43. The molecular weight excluding hydrogens is 273 g/mol. The van der Waals surface area contributed by atoms with Gasteiger partial charge in [-0.1, -0.05) is 46.9 Å². The lowest BCUT2D eigenvalue weighted by Crippen LogP contribution is -2.45. The third kappa shape index (κ3) is 2.08. The molecule has 0 aromatic heterocycles. The van der Waals surface area contributed by atoms with E-state index < -0.39 is 0 Å². The number of hydrogen-bond donors (Lipinski definition) is 1. The normalized spacial score (nSPS) is 30.0. The molecule has 0 radical (unpaired) electrons. The molecule has 82 valence electrons. The Morgan fingerprint density at radius 1 is 1.53 bits per heavy atom. The van der Waals surface area contributed by atoms with Gasteiger partial charge in [-0.15, -0.1) is 0 Å². The molecule has 1 aliphatic rings. The second-order valence-electron chi connectivity index (χ2n) is 4.24. The van der Waals surface area contributed by atoms with Crippen molar-refractivity contribution in [2.75, 3.05) is 0 Å². The summed E-state index contributed by atoms with van der Waals surface area (Å²) in [7, 11) is 0. The van der Waals surface area contributed by atoms with E-state index in [1.807, 2.05) is 6.07 Å². The van der Waals surface area contributed by atoms with Gasteiger partial charge in [-0.2, -0.15) is 0 Å². The fourth-order valence-corrected chi connectivity index (χ4v) is 3.31. The van der Waals surface area contributed by atoms with Gasteiger partial charge in [-0.3, -0.25) is 0 Å². The average Bonchev–Trinajstić information content (AvgIpc) is 2.16.